The molecule has 4 aromatic rings. The van der Waals surface area contributed by atoms with Crippen molar-refractivity contribution in [2.45, 2.75) is 43.3 Å². The molecular formula is C25H25N3O3S2. The van der Waals surface area contributed by atoms with Gasteiger partial charge in [0.2, 0.25) is 5.91 Å². The van der Waals surface area contributed by atoms with Crippen LogP contribution < -0.4 is 10.6 Å². The molecule has 0 bridgehead atoms. The second-order valence-corrected chi connectivity index (χ2v) is 9.71. The number of thioether (sulfide) groups is 1. The van der Waals surface area contributed by atoms with Crippen molar-refractivity contribution in [2.24, 2.45) is 0 Å². The number of hydrogen-bond donors (Lipinski definition) is 2. The highest BCUT2D eigenvalue weighted by Gasteiger charge is 2.21. The fraction of sp³-hybridized carbons (Fsp3) is 0.240. The zero-order valence-electron chi connectivity index (χ0n) is 18.5. The Morgan fingerprint density at radius 1 is 1.12 bits per heavy atom. The van der Waals surface area contributed by atoms with Gasteiger partial charge in [0.05, 0.1) is 0 Å². The molecule has 33 heavy (non-hydrogen) atoms. The van der Waals surface area contributed by atoms with Crippen LogP contribution in [0.4, 0.5) is 5.69 Å². The van der Waals surface area contributed by atoms with Crippen molar-refractivity contribution < 1.29 is 14.0 Å². The highest BCUT2D eigenvalue weighted by Crippen LogP contribution is 2.33. The van der Waals surface area contributed by atoms with E-state index >= 15 is 0 Å². The van der Waals surface area contributed by atoms with Gasteiger partial charge in [0.15, 0.2) is 5.76 Å². The van der Waals surface area contributed by atoms with Gasteiger partial charge in [0.25, 0.3) is 5.91 Å². The second kappa shape index (κ2) is 10.7. The Balaban J connectivity index is 1.44. The highest BCUT2D eigenvalue weighted by molar-refractivity contribution is 8.00. The molecule has 0 atom stereocenters. The van der Waals surface area contributed by atoms with Crippen LogP contribution in [0.5, 0.6) is 0 Å². The third-order valence-electron chi connectivity index (χ3n) is 5.01. The maximum atomic E-state index is 13.0. The Hall–Kier alpha value is -3.10. The Morgan fingerprint density at radius 3 is 2.64 bits per heavy atom. The van der Waals surface area contributed by atoms with Gasteiger partial charge in [-0.1, -0.05) is 49.0 Å². The van der Waals surface area contributed by atoms with E-state index in [1.807, 2.05) is 67.8 Å². The lowest BCUT2D eigenvalue weighted by Gasteiger charge is -2.08. The normalized spacial score (nSPS) is 11.0. The number of fused-ring (bicyclic) bond motifs is 1. The van der Waals surface area contributed by atoms with Crippen LogP contribution in [0.2, 0.25) is 0 Å². The number of amides is 2. The molecule has 8 heteroatoms. The quantitative estimate of drug-likeness (QED) is 0.281. The summed E-state index contributed by atoms with van der Waals surface area (Å²) in [6, 6.07) is 15.2. The van der Waals surface area contributed by atoms with Gasteiger partial charge in [0, 0.05) is 46.4 Å². The van der Waals surface area contributed by atoms with Crippen LogP contribution in [0, 0.1) is 6.92 Å². The first-order chi connectivity index (χ1) is 16.0. The van der Waals surface area contributed by atoms with E-state index in [9.17, 15) is 9.59 Å². The summed E-state index contributed by atoms with van der Waals surface area (Å²) in [5.41, 5.74) is 4.24. The van der Waals surface area contributed by atoms with E-state index < -0.39 is 0 Å². The van der Waals surface area contributed by atoms with Crippen LogP contribution in [0.3, 0.4) is 0 Å². The van der Waals surface area contributed by atoms with Gasteiger partial charge in [0.1, 0.15) is 9.92 Å². The largest absolute Gasteiger partial charge is 0.451 e. The minimum Gasteiger partial charge on any atom is -0.451 e. The predicted molar refractivity (Wildman–Crippen MR) is 134 cm³/mol. The first-order valence-electron chi connectivity index (χ1n) is 10.8. The van der Waals surface area contributed by atoms with Crippen molar-refractivity contribution in [3.05, 3.63) is 76.5 Å². The predicted octanol–water partition coefficient (Wildman–Crippen LogP) is 6.16. The molecule has 2 N–H and O–H groups in total. The molecule has 0 aliphatic rings. The van der Waals surface area contributed by atoms with E-state index in [4.69, 9.17) is 4.42 Å². The van der Waals surface area contributed by atoms with E-state index in [1.54, 1.807) is 23.1 Å². The zero-order chi connectivity index (χ0) is 23.2. The molecule has 4 rings (SSSR count). The smallest absolute Gasteiger partial charge is 0.287 e. The van der Waals surface area contributed by atoms with Crippen molar-refractivity contribution >= 4 is 51.6 Å². The molecule has 2 aromatic carbocycles. The van der Waals surface area contributed by atoms with E-state index in [1.165, 1.54) is 0 Å². The summed E-state index contributed by atoms with van der Waals surface area (Å²) in [5, 5.41) is 8.78. The lowest BCUT2D eigenvalue weighted by atomic mass is 10.1. The van der Waals surface area contributed by atoms with Crippen molar-refractivity contribution in [3.8, 4) is 0 Å². The molecule has 170 valence electrons. The molecule has 2 amide bonds. The molecule has 0 spiro atoms. The van der Waals surface area contributed by atoms with E-state index in [2.05, 4.69) is 15.6 Å². The van der Waals surface area contributed by atoms with E-state index in [-0.39, 0.29) is 11.8 Å². The van der Waals surface area contributed by atoms with Crippen molar-refractivity contribution in [2.75, 3.05) is 5.32 Å². The summed E-state index contributed by atoms with van der Waals surface area (Å²) in [5.74, 6) is 0.679. The van der Waals surface area contributed by atoms with E-state index in [0.717, 1.165) is 38.7 Å². The third-order valence-corrected chi connectivity index (χ3v) is 7.18. The molecule has 0 aliphatic heterocycles. The Bertz CT molecular complexity index is 1260. The van der Waals surface area contributed by atoms with Crippen LogP contribution >= 0.6 is 23.1 Å². The molecule has 0 aliphatic carbocycles. The van der Waals surface area contributed by atoms with Crippen LogP contribution in [-0.2, 0) is 17.1 Å². The number of rotatable bonds is 9. The first kappa shape index (κ1) is 23.1. The molecule has 0 fully saturated rings. The number of carbonyl (C=O) groups is 2. The van der Waals surface area contributed by atoms with Crippen molar-refractivity contribution in [3.63, 3.8) is 0 Å². The van der Waals surface area contributed by atoms with Gasteiger partial charge in [-0.25, -0.2) is 4.98 Å². The number of nitrogens with zero attached hydrogens (tertiary/aromatic N) is 1. The Morgan fingerprint density at radius 2 is 1.91 bits per heavy atom. The number of thiazole rings is 1. The molecule has 6 nitrogen and oxygen atoms in total. The lowest BCUT2D eigenvalue weighted by Crippen LogP contribution is -2.23. The molecule has 0 radical (unpaired) electrons. The molecule has 2 heterocycles. The molecule has 2 aromatic heterocycles. The number of aryl methyl sites for hydroxylation is 1. The number of anilines is 1. The topological polar surface area (TPSA) is 84.2 Å². The van der Waals surface area contributed by atoms with Crippen LogP contribution in [-0.4, -0.2) is 16.8 Å². The zero-order valence-corrected chi connectivity index (χ0v) is 20.1. The Kier molecular flexibility index (Phi) is 7.47. The molecule has 0 saturated heterocycles. The molecular weight excluding hydrogens is 454 g/mol. The van der Waals surface area contributed by atoms with Crippen LogP contribution in [0.1, 0.15) is 47.1 Å². The molecule has 0 unspecified atom stereocenters. The SMILES string of the molecule is CCCC(=O)Nc1ccc(CNC(=O)c2oc3ccccc3c2CSc2nc(C)cs2)cc1. The van der Waals surface area contributed by atoms with E-state index in [0.29, 0.717) is 30.1 Å². The summed E-state index contributed by atoms with van der Waals surface area (Å²) in [6.07, 6.45) is 1.31. The number of nitrogens with one attached hydrogen (secondary N) is 2. The fourth-order valence-corrected chi connectivity index (χ4v) is 5.25. The average molecular weight is 480 g/mol. The number of hydrogen-bond acceptors (Lipinski definition) is 6. The van der Waals surface area contributed by atoms with Crippen LogP contribution in [0.25, 0.3) is 11.0 Å². The second-order valence-electron chi connectivity index (χ2n) is 7.63. The van der Waals surface area contributed by atoms with Gasteiger partial charge in [-0.05, 0) is 37.1 Å². The number of para-hydroxylation sites is 1. The van der Waals surface area contributed by atoms with Gasteiger partial charge in [-0.2, -0.15) is 0 Å². The first-order valence-corrected chi connectivity index (χ1v) is 12.6. The van der Waals surface area contributed by atoms with Gasteiger partial charge < -0.3 is 15.1 Å². The Labute approximate surface area is 200 Å². The van der Waals surface area contributed by atoms with Crippen LogP contribution in [0.15, 0.2) is 62.7 Å². The number of carbonyl (C=O) groups excluding carboxylic acids is 2. The summed E-state index contributed by atoms with van der Waals surface area (Å²) in [7, 11) is 0. The number of benzene rings is 2. The fourth-order valence-electron chi connectivity index (χ4n) is 3.38. The summed E-state index contributed by atoms with van der Waals surface area (Å²) < 4.78 is 6.91. The van der Waals surface area contributed by atoms with Gasteiger partial charge in [-0.15, -0.1) is 11.3 Å². The summed E-state index contributed by atoms with van der Waals surface area (Å²) >= 11 is 3.20. The van der Waals surface area contributed by atoms with Crippen molar-refractivity contribution in [1.29, 1.82) is 0 Å². The maximum Gasteiger partial charge on any atom is 0.287 e. The summed E-state index contributed by atoms with van der Waals surface area (Å²) in [6.45, 7) is 4.30. The lowest BCUT2D eigenvalue weighted by molar-refractivity contribution is -0.116. The molecule has 0 saturated carbocycles. The minimum atomic E-state index is -0.252. The maximum absolute atomic E-state index is 13.0. The van der Waals surface area contributed by atoms with Crippen molar-refractivity contribution in [1.82, 2.24) is 10.3 Å². The number of aromatic nitrogens is 1. The van der Waals surface area contributed by atoms with Gasteiger partial charge in [-0.3, -0.25) is 9.59 Å². The standard InChI is InChI=1S/C25H25N3O3S2/c1-3-6-22(29)28-18-11-9-17(10-12-18)13-26-24(30)23-20(15-33-25-27-16(2)14-32-25)19-7-4-5-8-21(19)31-23/h4-5,7-12,14H,3,6,13,15H2,1-2H3,(H,26,30)(H,28,29). The minimum absolute atomic E-state index is 0.00162. The summed E-state index contributed by atoms with van der Waals surface area (Å²) in [4.78, 5) is 29.3. The number of furan rings is 1. The average Bonchev–Trinajstić information content (AvgIpc) is 3.40. The monoisotopic (exact) mass is 479 g/mol. The highest BCUT2D eigenvalue weighted by atomic mass is 32.2. The third kappa shape index (κ3) is 5.83. The van der Waals surface area contributed by atoms with Gasteiger partial charge >= 0.3 is 0 Å².